The highest BCUT2D eigenvalue weighted by Gasteiger charge is 2.43. The number of aliphatic hydroxyl groups is 1. The molecule has 1 unspecified atom stereocenters. The molecule has 1 fully saturated rings. The number of allylic oxidation sites excluding steroid dienone is 1. The Morgan fingerprint density at radius 3 is 2.70 bits per heavy atom. The number of ketones is 1. The van der Waals surface area contributed by atoms with Gasteiger partial charge in [0.1, 0.15) is 5.76 Å². The molecule has 9 nitrogen and oxygen atoms in total. The van der Waals surface area contributed by atoms with Gasteiger partial charge in [-0.25, -0.2) is 0 Å². The summed E-state index contributed by atoms with van der Waals surface area (Å²) < 4.78 is 22.0. The number of ether oxygens (including phenoxy) is 3. The first-order chi connectivity index (χ1) is 18.0. The minimum absolute atomic E-state index is 0.0310. The Morgan fingerprint density at radius 2 is 2.00 bits per heavy atom. The lowest BCUT2D eigenvalue weighted by Gasteiger charge is -2.30. The van der Waals surface area contributed by atoms with Crippen LogP contribution in [0.1, 0.15) is 37.1 Å². The van der Waals surface area contributed by atoms with Crippen LogP contribution in [0.15, 0.2) is 58.4 Å². The van der Waals surface area contributed by atoms with E-state index in [0.717, 1.165) is 26.1 Å². The first kappa shape index (κ1) is 26.5. The average molecular weight is 511 g/mol. The maximum atomic E-state index is 13.3. The van der Waals surface area contributed by atoms with Gasteiger partial charge in [0.25, 0.3) is 5.91 Å². The normalized spacial score (nSPS) is 18.7. The minimum atomic E-state index is -0.764. The van der Waals surface area contributed by atoms with E-state index >= 15 is 0 Å². The lowest BCUT2D eigenvalue weighted by molar-refractivity contribution is -0.129. The maximum absolute atomic E-state index is 13.3. The molecule has 1 saturated heterocycles. The van der Waals surface area contributed by atoms with Crippen LogP contribution in [-0.4, -0.2) is 79.7 Å². The quantitative estimate of drug-likeness (QED) is 0.431. The van der Waals surface area contributed by atoms with Gasteiger partial charge in [-0.3, -0.25) is 14.5 Å². The second-order valence-electron chi connectivity index (χ2n) is 8.94. The Labute approximate surface area is 216 Å². The number of carbonyl (C=O) groups excluding carboxylic acids is 2. The van der Waals surface area contributed by atoms with E-state index in [1.807, 2.05) is 13.0 Å². The highest BCUT2D eigenvalue weighted by atomic mass is 16.5. The summed E-state index contributed by atoms with van der Waals surface area (Å²) in [5.41, 5.74) is 0.683. The van der Waals surface area contributed by atoms with Crippen LogP contribution in [0.4, 0.5) is 0 Å². The molecule has 0 saturated carbocycles. The SMILES string of the molecule is CCCOc1ccc(C2C(C(=O)/C=C/c3ccco3)=C(O)C(=O)N2CCCN2CCOCC2)cc1OC. The van der Waals surface area contributed by atoms with E-state index in [1.165, 1.54) is 18.4 Å². The third-order valence-corrected chi connectivity index (χ3v) is 6.45. The fourth-order valence-electron chi connectivity index (χ4n) is 4.59. The van der Waals surface area contributed by atoms with Crippen molar-refractivity contribution in [3.8, 4) is 11.5 Å². The van der Waals surface area contributed by atoms with Crippen molar-refractivity contribution in [1.82, 2.24) is 9.80 Å². The van der Waals surface area contributed by atoms with Gasteiger partial charge in [-0.2, -0.15) is 0 Å². The van der Waals surface area contributed by atoms with Crippen LogP contribution in [-0.2, 0) is 14.3 Å². The Kier molecular flexibility index (Phi) is 9.03. The molecule has 1 N–H and O–H groups in total. The molecule has 4 rings (SSSR count). The molecule has 1 atom stereocenters. The van der Waals surface area contributed by atoms with Gasteiger partial charge in [0.05, 0.1) is 44.8 Å². The summed E-state index contributed by atoms with van der Waals surface area (Å²) in [5, 5.41) is 10.9. The zero-order valence-corrected chi connectivity index (χ0v) is 21.4. The first-order valence-electron chi connectivity index (χ1n) is 12.6. The zero-order valence-electron chi connectivity index (χ0n) is 21.4. The third kappa shape index (κ3) is 6.23. The predicted molar refractivity (Wildman–Crippen MR) is 138 cm³/mol. The minimum Gasteiger partial charge on any atom is -0.503 e. The molecule has 0 aliphatic carbocycles. The molecule has 2 aliphatic rings. The molecule has 0 spiro atoms. The number of furan rings is 1. The van der Waals surface area contributed by atoms with E-state index in [4.69, 9.17) is 18.6 Å². The lowest BCUT2D eigenvalue weighted by atomic mass is 9.95. The Bertz CT molecular complexity index is 1130. The van der Waals surface area contributed by atoms with Gasteiger partial charge in [-0.15, -0.1) is 0 Å². The van der Waals surface area contributed by atoms with Crippen LogP contribution < -0.4 is 9.47 Å². The number of hydrogen-bond donors (Lipinski definition) is 1. The summed E-state index contributed by atoms with van der Waals surface area (Å²) in [6.07, 6.45) is 5.88. The number of carbonyl (C=O) groups is 2. The maximum Gasteiger partial charge on any atom is 0.290 e. The van der Waals surface area contributed by atoms with Gasteiger partial charge < -0.3 is 28.6 Å². The summed E-state index contributed by atoms with van der Waals surface area (Å²) in [5.74, 6) is 0.0118. The standard InChI is InChI=1S/C28H34N2O7/c1-3-15-37-23-10-7-20(19-24(23)34-2)26-25(22(31)9-8-21-6-4-16-36-21)27(32)28(33)30(26)12-5-11-29-13-17-35-18-14-29/h4,6-10,16,19,26,32H,3,5,11-15,17-18H2,1-2H3/b9-8+. The van der Waals surface area contributed by atoms with Gasteiger partial charge in [-0.1, -0.05) is 13.0 Å². The summed E-state index contributed by atoms with van der Waals surface area (Å²) in [6.45, 7) is 6.79. The van der Waals surface area contributed by atoms with E-state index in [0.29, 0.717) is 55.6 Å². The summed E-state index contributed by atoms with van der Waals surface area (Å²) in [7, 11) is 1.54. The van der Waals surface area contributed by atoms with Gasteiger partial charge in [-0.05, 0) is 54.8 Å². The molecule has 2 aromatic rings. The monoisotopic (exact) mass is 510 g/mol. The molecule has 198 valence electrons. The topological polar surface area (TPSA) is 102 Å². The van der Waals surface area contributed by atoms with Crippen LogP contribution in [0, 0.1) is 0 Å². The summed E-state index contributed by atoms with van der Waals surface area (Å²) >= 11 is 0. The van der Waals surface area contributed by atoms with Gasteiger partial charge in [0.15, 0.2) is 23.0 Å². The number of amides is 1. The molecule has 3 heterocycles. The van der Waals surface area contributed by atoms with Crippen LogP contribution in [0.5, 0.6) is 11.5 Å². The lowest BCUT2D eigenvalue weighted by Crippen LogP contribution is -2.39. The van der Waals surface area contributed by atoms with Crippen LogP contribution in [0.3, 0.4) is 0 Å². The van der Waals surface area contributed by atoms with Crippen LogP contribution >= 0.6 is 0 Å². The largest absolute Gasteiger partial charge is 0.503 e. The smallest absolute Gasteiger partial charge is 0.290 e. The van der Waals surface area contributed by atoms with Crippen molar-refractivity contribution in [3.05, 3.63) is 65.3 Å². The number of hydrogen-bond acceptors (Lipinski definition) is 8. The Hall–Kier alpha value is -3.56. The van der Waals surface area contributed by atoms with Gasteiger partial charge in [0.2, 0.25) is 0 Å². The summed E-state index contributed by atoms with van der Waals surface area (Å²) in [4.78, 5) is 30.4. The molecule has 2 aliphatic heterocycles. The van der Waals surface area contributed by atoms with E-state index in [1.54, 1.807) is 36.3 Å². The van der Waals surface area contributed by atoms with E-state index in [9.17, 15) is 14.7 Å². The molecule has 1 aromatic carbocycles. The molecule has 37 heavy (non-hydrogen) atoms. The Morgan fingerprint density at radius 1 is 1.19 bits per heavy atom. The predicted octanol–water partition coefficient (Wildman–Crippen LogP) is 3.78. The van der Waals surface area contributed by atoms with Crippen molar-refractivity contribution in [2.24, 2.45) is 0 Å². The second-order valence-corrected chi connectivity index (χ2v) is 8.94. The van der Waals surface area contributed by atoms with Crippen molar-refractivity contribution in [1.29, 1.82) is 0 Å². The molecular formula is C28H34N2O7. The molecule has 1 aromatic heterocycles. The van der Waals surface area contributed by atoms with Gasteiger partial charge >= 0.3 is 0 Å². The van der Waals surface area contributed by atoms with Crippen molar-refractivity contribution in [2.75, 3.05) is 53.1 Å². The fraction of sp³-hybridized carbons (Fsp3) is 0.429. The van der Waals surface area contributed by atoms with Crippen molar-refractivity contribution >= 4 is 17.8 Å². The van der Waals surface area contributed by atoms with Crippen molar-refractivity contribution in [3.63, 3.8) is 0 Å². The van der Waals surface area contributed by atoms with Crippen LogP contribution in [0.25, 0.3) is 6.08 Å². The Balaban J connectivity index is 1.62. The second kappa shape index (κ2) is 12.6. The number of benzene rings is 1. The van der Waals surface area contributed by atoms with Gasteiger partial charge in [0, 0.05) is 26.2 Å². The van der Waals surface area contributed by atoms with Crippen LogP contribution in [0.2, 0.25) is 0 Å². The van der Waals surface area contributed by atoms with Crippen molar-refractivity contribution < 1.29 is 33.3 Å². The number of rotatable bonds is 12. The van der Waals surface area contributed by atoms with E-state index in [2.05, 4.69) is 4.90 Å². The number of nitrogens with zero attached hydrogens (tertiary/aromatic N) is 2. The number of methoxy groups -OCH3 is 1. The fourth-order valence-corrected chi connectivity index (χ4v) is 4.59. The number of morpholine rings is 1. The molecule has 9 heteroatoms. The molecule has 1 amide bonds. The van der Waals surface area contributed by atoms with E-state index < -0.39 is 23.5 Å². The number of aliphatic hydroxyl groups excluding tert-OH is 1. The third-order valence-electron chi connectivity index (χ3n) is 6.45. The summed E-state index contributed by atoms with van der Waals surface area (Å²) in [6, 6.07) is 8.01. The van der Waals surface area contributed by atoms with E-state index in [-0.39, 0.29) is 5.57 Å². The molecule has 0 bridgehead atoms. The average Bonchev–Trinajstić information content (AvgIpc) is 3.53. The highest BCUT2D eigenvalue weighted by molar-refractivity contribution is 6.14. The zero-order chi connectivity index (χ0) is 26.2. The highest BCUT2D eigenvalue weighted by Crippen LogP contribution is 2.41. The molecular weight excluding hydrogens is 476 g/mol. The van der Waals surface area contributed by atoms with Crippen molar-refractivity contribution in [2.45, 2.75) is 25.8 Å². The first-order valence-corrected chi connectivity index (χ1v) is 12.6. The molecule has 0 radical (unpaired) electrons.